The van der Waals surface area contributed by atoms with E-state index in [0.717, 1.165) is 5.56 Å². The van der Waals surface area contributed by atoms with Crippen molar-refractivity contribution in [2.24, 2.45) is 0 Å². The van der Waals surface area contributed by atoms with Crippen LogP contribution in [0.15, 0.2) is 72.5 Å². The maximum Gasteiger partial charge on any atom is 0.251 e. The number of hydrogen-bond acceptors (Lipinski definition) is 5. The Labute approximate surface area is 157 Å². The van der Waals surface area contributed by atoms with Gasteiger partial charge in [-0.05, 0) is 18.2 Å². The molecule has 4 rings (SSSR count). The van der Waals surface area contributed by atoms with Gasteiger partial charge in [-0.25, -0.2) is 0 Å². The van der Waals surface area contributed by atoms with Crippen molar-refractivity contribution in [3.63, 3.8) is 0 Å². The molecule has 4 atom stereocenters. The Kier molecular flexibility index (Phi) is 5.20. The van der Waals surface area contributed by atoms with Gasteiger partial charge in [-0.2, -0.15) is 0 Å². The van der Waals surface area contributed by atoms with Gasteiger partial charge in [0.2, 0.25) is 6.29 Å². The van der Waals surface area contributed by atoms with E-state index in [1.165, 1.54) is 0 Å². The summed E-state index contributed by atoms with van der Waals surface area (Å²) in [6.07, 6.45) is 0.371. The van der Waals surface area contributed by atoms with Gasteiger partial charge in [0.1, 0.15) is 17.9 Å². The molecule has 1 N–H and O–H groups in total. The lowest BCUT2D eigenvalue weighted by atomic mass is 10.1. The molecule has 2 aromatic carbocycles. The van der Waals surface area contributed by atoms with Gasteiger partial charge in [0, 0.05) is 18.2 Å². The van der Waals surface area contributed by atoms with Gasteiger partial charge in [0.15, 0.2) is 6.29 Å². The number of hydrogen-bond donors (Lipinski definition) is 1. The van der Waals surface area contributed by atoms with E-state index in [9.17, 15) is 4.79 Å². The van der Waals surface area contributed by atoms with E-state index in [0.29, 0.717) is 17.9 Å². The third kappa shape index (κ3) is 3.88. The monoisotopic (exact) mass is 367 g/mol. The number of benzene rings is 2. The van der Waals surface area contributed by atoms with Crippen LogP contribution >= 0.6 is 0 Å². The van der Waals surface area contributed by atoms with E-state index in [4.69, 9.17) is 18.9 Å². The van der Waals surface area contributed by atoms with Crippen LogP contribution in [0.25, 0.3) is 0 Å². The lowest BCUT2D eigenvalue weighted by Crippen LogP contribution is -2.51. The summed E-state index contributed by atoms with van der Waals surface area (Å²) in [5.74, 6) is 0.440. The van der Waals surface area contributed by atoms with Crippen molar-refractivity contribution in [1.82, 2.24) is 5.32 Å². The number of carbonyl (C=O) groups is 1. The summed E-state index contributed by atoms with van der Waals surface area (Å²) < 4.78 is 23.1. The molecule has 1 fully saturated rings. The highest BCUT2D eigenvalue weighted by Crippen LogP contribution is 2.33. The Balaban J connectivity index is 1.52. The lowest BCUT2D eigenvalue weighted by Gasteiger charge is -2.39. The molecule has 0 aromatic heterocycles. The number of carbonyl (C=O) groups excluding carboxylic acids is 1. The van der Waals surface area contributed by atoms with Crippen LogP contribution < -0.4 is 5.32 Å². The van der Waals surface area contributed by atoms with Gasteiger partial charge < -0.3 is 24.3 Å². The van der Waals surface area contributed by atoms with E-state index >= 15 is 0 Å². The topological polar surface area (TPSA) is 66.0 Å². The molecule has 0 spiro atoms. The minimum atomic E-state index is -0.619. The Morgan fingerprint density at radius 1 is 1.07 bits per heavy atom. The first-order valence-electron chi connectivity index (χ1n) is 8.83. The fourth-order valence-corrected chi connectivity index (χ4v) is 3.16. The second kappa shape index (κ2) is 7.92. The van der Waals surface area contributed by atoms with Crippen molar-refractivity contribution in [2.75, 3.05) is 13.7 Å². The van der Waals surface area contributed by atoms with Crippen LogP contribution in [0.3, 0.4) is 0 Å². The van der Waals surface area contributed by atoms with Crippen molar-refractivity contribution in [3.8, 4) is 0 Å². The number of ether oxygens (including phenoxy) is 4. The van der Waals surface area contributed by atoms with Crippen LogP contribution in [0.4, 0.5) is 0 Å². The summed E-state index contributed by atoms with van der Waals surface area (Å²) >= 11 is 0. The summed E-state index contributed by atoms with van der Waals surface area (Å²) in [7, 11) is 1.54. The second-order valence-electron chi connectivity index (χ2n) is 6.36. The second-order valence-corrected chi connectivity index (χ2v) is 6.36. The van der Waals surface area contributed by atoms with Gasteiger partial charge in [-0.3, -0.25) is 4.79 Å². The molecule has 27 heavy (non-hydrogen) atoms. The first kappa shape index (κ1) is 17.7. The van der Waals surface area contributed by atoms with E-state index < -0.39 is 18.6 Å². The Hall–Kier alpha value is -2.67. The summed E-state index contributed by atoms with van der Waals surface area (Å²) in [5, 5.41) is 2.94. The van der Waals surface area contributed by atoms with Crippen molar-refractivity contribution in [2.45, 2.75) is 24.7 Å². The Morgan fingerprint density at radius 2 is 1.78 bits per heavy atom. The predicted molar refractivity (Wildman–Crippen MR) is 97.7 cm³/mol. The summed E-state index contributed by atoms with van der Waals surface area (Å²) in [6.45, 7) is 0.352. The van der Waals surface area contributed by atoms with Crippen LogP contribution in [-0.4, -0.2) is 38.1 Å². The SMILES string of the molecule is CO[C@@H]1O[C@@H]2CO[C@H](c3ccccc3)OC2=C[C@H]1NC(=O)c1ccccc1. The van der Waals surface area contributed by atoms with E-state index in [2.05, 4.69) is 5.32 Å². The fourth-order valence-electron chi connectivity index (χ4n) is 3.16. The zero-order chi connectivity index (χ0) is 18.6. The standard InChI is InChI=1S/C21H21NO5/c1-24-21-16(22-19(23)14-8-4-2-5-9-14)12-17-18(27-21)13-25-20(26-17)15-10-6-3-7-11-15/h2-12,16,18,20-21H,13H2,1H3,(H,22,23)/t16-,18-,20+,21-/m1/s1. The zero-order valence-corrected chi connectivity index (χ0v) is 14.9. The minimum absolute atomic E-state index is 0.201. The molecule has 0 unspecified atom stereocenters. The van der Waals surface area contributed by atoms with Crippen molar-refractivity contribution >= 4 is 5.91 Å². The van der Waals surface area contributed by atoms with Crippen LogP contribution in [0.1, 0.15) is 22.2 Å². The van der Waals surface area contributed by atoms with Crippen LogP contribution in [0.5, 0.6) is 0 Å². The van der Waals surface area contributed by atoms with E-state index in [-0.39, 0.29) is 12.0 Å². The van der Waals surface area contributed by atoms with E-state index in [1.807, 2.05) is 54.6 Å². The molecular weight excluding hydrogens is 346 g/mol. The Bertz CT molecular complexity index is 808. The molecule has 0 aliphatic carbocycles. The molecule has 140 valence electrons. The molecule has 0 bridgehead atoms. The maximum absolute atomic E-state index is 12.5. The van der Waals surface area contributed by atoms with Gasteiger partial charge in [0.05, 0.1) is 6.61 Å². The summed E-state index contributed by atoms with van der Waals surface area (Å²) in [6, 6.07) is 18.3. The molecule has 2 aliphatic rings. The molecule has 0 saturated carbocycles. The molecule has 6 heteroatoms. The average molecular weight is 367 g/mol. The number of fused-ring (bicyclic) bond motifs is 1. The highest BCUT2D eigenvalue weighted by Gasteiger charge is 2.38. The smallest absolute Gasteiger partial charge is 0.251 e. The Morgan fingerprint density at radius 3 is 2.48 bits per heavy atom. The number of amides is 1. The van der Waals surface area contributed by atoms with E-state index in [1.54, 1.807) is 19.2 Å². The molecule has 1 saturated heterocycles. The van der Waals surface area contributed by atoms with Gasteiger partial charge in [0.25, 0.3) is 5.91 Å². The van der Waals surface area contributed by atoms with Gasteiger partial charge in [-0.15, -0.1) is 0 Å². The highest BCUT2D eigenvalue weighted by molar-refractivity contribution is 5.94. The van der Waals surface area contributed by atoms with Crippen molar-refractivity contribution < 1.29 is 23.7 Å². The minimum Gasteiger partial charge on any atom is -0.462 e. The molecule has 0 radical (unpaired) electrons. The largest absolute Gasteiger partial charge is 0.462 e. The summed E-state index contributed by atoms with van der Waals surface area (Å²) in [5.41, 5.74) is 1.50. The van der Waals surface area contributed by atoms with Crippen molar-refractivity contribution in [1.29, 1.82) is 0 Å². The zero-order valence-electron chi connectivity index (χ0n) is 14.9. The lowest BCUT2D eigenvalue weighted by molar-refractivity contribution is -0.246. The normalized spacial score (nSPS) is 27.1. The number of rotatable bonds is 4. The summed E-state index contributed by atoms with van der Waals surface area (Å²) in [4.78, 5) is 12.5. The fraction of sp³-hybridized carbons (Fsp3) is 0.286. The number of nitrogens with one attached hydrogen (secondary N) is 1. The number of methoxy groups -OCH3 is 1. The maximum atomic E-state index is 12.5. The molecule has 2 aromatic rings. The highest BCUT2D eigenvalue weighted by atomic mass is 16.7. The molecule has 1 amide bonds. The van der Waals surface area contributed by atoms with Crippen LogP contribution in [-0.2, 0) is 18.9 Å². The third-order valence-corrected chi connectivity index (χ3v) is 4.53. The van der Waals surface area contributed by atoms with Gasteiger partial charge >= 0.3 is 0 Å². The van der Waals surface area contributed by atoms with Crippen molar-refractivity contribution in [3.05, 3.63) is 83.6 Å². The molecule has 2 aliphatic heterocycles. The third-order valence-electron chi connectivity index (χ3n) is 4.53. The predicted octanol–water partition coefficient (Wildman–Crippen LogP) is 2.79. The first-order valence-corrected chi connectivity index (χ1v) is 8.83. The molecular formula is C21H21NO5. The molecule has 6 nitrogen and oxygen atoms in total. The average Bonchev–Trinajstić information content (AvgIpc) is 2.74. The quantitative estimate of drug-likeness (QED) is 0.900. The van der Waals surface area contributed by atoms with Crippen LogP contribution in [0.2, 0.25) is 0 Å². The first-order chi connectivity index (χ1) is 13.2. The van der Waals surface area contributed by atoms with Crippen LogP contribution in [0, 0.1) is 0 Å². The van der Waals surface area contributed by atoms with Gasteiger partial charge in [-0.1, -0.05) is 48.5 Å². The molecule has 2 heterocycles.